The van der Waals surface area contributed by atoms with Crippen molar-refractivity contribution in [2.75, 3.05) is 0 Å². The van der Waals surface area contributed by atoms with Crippen LogP contribution in [0.3, 0.4) is 0 Å². The first-order chi connectivity index (χ1) is 6.02. The normalized spacial score (nSPS) is 12.6. The Balaban J connectivity index is 3.08. The first-order valence-corrected chi connectivity index (χ1v) is 4.49. The van der Waals surface area contributed by atoms with E-state index in [2.05, 4.69) is 6.58 Å². The molecule has 0 heterocycles. The third-order valence-electron chi connectivity index (χ3n) is 1.92. The van der Waals surface area contributed by atoms with E-state index in [1.807, 2.05) is 25.1 Å². The molecule has 1 unspecified atom stereocenters. The molecule has 1 rings (SSSR count). The van der Waals surface area contributed by atoms with E-state index in [1.54, 1.807) is 6.92 Å². The zero-order valence-corrected chi connectivity index (χ0v) is 8.60. The number of aryl methyl sites for hydroxylation is 1. The summed E-state index contributed by atoms with van der Waals surface area (Å²) in [5, 5.41) is 10.3. The molecule has 0 aliphatic heterocycles. The second-order valence-corrected chi connectivity index (χ2v) is 3.68. The molecule has 0 aromatic heterocycles. The molecule has 0 saturated heterocycles. The van der Waals surface area contributed by atoms with E-state index in [9.17, 15) is 5.11 Å². The van der Waals surface area contributed by atoms with Crippen LogP contribution in [0.1, 0.15) is 24.2 Å². The molecule has 13 heavy (non-hydrogen) atoms. The van der Waals surface area contributed by atoms with Crippen LogP contribution in [0.25, 0.3) is 0 Å². The second-order valence-electron chi connectivity index (χ2n) is 3.27. The summed E-state index contributed by atoms with van der Waals surface area (Å²) in [7, 11) is 0. The largest absolute Gasteiger partial charge is 0.384 e. The van der Waals surface area contributed by atoms with Crippen LogP contribution in [0.4, 0.5) is 0 Å². The third kappa shape index (κ3) is 2.33. The van der Waals surface area contributed by atoms with Crippen molar-refractivity contribution >= 4 is 11.6 Å². The van der Waals surface area contributed by atoms with Gasteiger partial charge in [-0.05, 0) is 31.1 Å². The minimum absolute atomic E-state index is 0.593. The first kappa shape index (κ1) is 10.3. The van der Waals surface area contributed by atoms with Gasteiger partial charge in [0, 0.05) is 10.6 Å². The highest BCUT2D eigenvalue weighted by atomic mass is 35.5. The van der Waals surface area contributed by atoms with E-state index in [0.717, 1.165) is 11.1 Å². The molecular weight excluding hydrogens is 184 g/mol. The van der Waals surface area contributed by atoms with E-state index in [-0.39, 0.29) is 0 Å². The van der Waals surface area contributed by atoms with Gasteiger partial charge in [-0.25, -0.2) is 0 Å². The first-order valence-electron chi connectivity index (χ1n) is 4.12. The molecule has 1 atom stereocenters. The molecule has 0 saturated carbocycles. The highest BCUT2D eigenvalue weighted by Crippen LogP contribution is 2.27. The average Bonchev–Trinajstić information content (AvgIpc) is 2.03. The van der Waals surface area contributed by atoms with Crippen LogP contribution < -0.4 is 0 Å². The molecule has 0 aliphatic carbocycles. The highest BCUT2D eigenvalue weighted by molar-refractivity contribution is 6.31. The van der Waals surface area contributed by atoms with E-state index in [1.165, 1.54) is 0 Å². The van der Waals surface area contributed by atoms with Crippen molar-refractivity contribution in [3.8, 4) is 0 Å². The van der Waals surface area contributed by atoms with Crippen LogP contribution in [0, 0.1) is 6.92 Å². The number of hydrogen-bond acceptors (Lipinski definition) is 1. The minimum atomic E-state index is -0.659. The Bertz CT molecular complexity index is 331. The molecular formula is C11H13ClO. The number of rotatable bonds is 2. The van der Waals surface area contributed by atoms with Crippen molar-refractivity contribution in [3.05, 3.63) is 46.5 Å². The number of halogens is 1. The summed E-state index contributed by atoms with van der Waals surface area (Å²) in [6.45, 7) is 7.43. The fourth-order valence-electron chi connectivity index (χ4n) is 1.12. The van der Waals surface area contributed by atoms with Crippen LogP contribution in [-0.2, 0) is 0 Å². The summed E-state index contributed by atoms with van der Waals surface area (Å²) in [5.41, 5.74) is 2.51. The van der Waals surface area contributed by atoms with Gasteiger partial charge in [-0.1, -0.05) is 30.3 Å². The minimum Gasteiger partial charge on any atom is -0.384 e. The Labute approximate surface area is 83.7 Å². The van der Waals surface area contributed by atoms with Crippen molar-refractivity contribution in [2.24, 2.45) is 0 Å². The highest BCUT2D eigenvalue weighted by Gasteiger charge is 2.11. The lowest BCUT2D eigenvalue weighted by atomic mass is 10.0. The predicted molar refractivity (Wildman–Crippen MR) is 56.0 cm³/mol. The lowest BCUT2D eigenvalue weighted by molar-refractivity contribution is 0.216. The van der Waals surface area contributed by atoms with Crippen LogP contribution in [0.15, 0.2) is 30.4 Å². The van der Waals surface area contributed by atoms with Crippen molar-refractivity contribution in [1.29, 1.82) is 0 Å². The van der Waals surface area contributed by atoms with Crippen LogP contribution in [-0.4, -0.2) is 5.11 Å². The Morgan fingerprint density at radius 3 is 2.62 bits per heavy atom. The summed E-state index contributed by atoms with van der Waals surface area (Å²) < 4.78 is 0. The summed E-state index contributed by atoms with van der Waals surface area (Å²) >= 11 is 5.97. The van der Waals surface area contributed by atoms with Gasteiger partial charge in [0.25, 0.3) is 0 Å². The standard InChI is InChI=1S/C11H13ClO/c1-7(2)11(13)9-5-4-8(3)6-10(9)12/h4-6,11,13H,1H2,2-3H3. The molecule has 0 bridgehead atoms. The zero-order valence-electron chi connectivity index (χ0n) is 7.84. The van der Waals surface area contributed by atoms with E-state index in [4.69, 9.17) is 11.6 Å². The topological polar surface area (TPSA) is 20.2 Å². The van der Waals surface area contributed by atoms with Crippen LogP contribution in [0.2, 0.25) is 5.02 Å². The quantitative estimate of drug-likeness (QED) is 0.720. The number of aliphatic hydroxyl groups is 1. The van der Waals surface area contributed by atoms with Gasteiger partial charge in [0.1, 0.15) is 6.10 Å². The predicted octanol–water partition coefficient (Wildman–Crippen LogP) is 3.26. The smallest absolute Gasteiger partial charge is 0.101 e. The summed E-state index contributed by atoms with van der Waals surface area (Å²) in [4.78, 5) is 0. The zero-order chi connectivity index (χ0) is 10.0. The molecule has 1 aromatic carbocycles. The molecule has 2 heteroatoms. The molecule has 0 fully saturated rings. The van der Waals surface area contributed by atoms with Gasteiger partial charge in [0.15, 0.2) is 0 Å². The maximum Gasteiger partial charge on any atom is 0.101 e. The molecule has 1 N–H and O–H groups in total. The Morgan fingerprint density at radius 1 is 1.54 bits per heavy atom. The fraction of sp³-hybridized carbons (Fsp3) is 0.273. The number of aliphatic hydroxyl groups excluding tert-OH is 1. The van der Waals surface area contributed by atoms with Crippen molar-refractivity contribution in [3.63, 3.8) is 0 Å². The molecule has 0 amide bonds. The number of benzene rings is 1. The van der Waals surface area contributed by atoms with Gasteiger partial charge in [-0.15, -0.1) is 0 Å². The molecule has 1 nitrogen and oxygen atoms in total. The van der Waals surface area contributed by atoms with Gasteiger partial charge in [-0.2, -0.15) is 0 Å². The van der Waals surface area contributed by atoms with Crippen molar-refractivity contribution in [1.82, 2.24) is 0 Å². The average molecular weight is 197 g/mol. The fourth-order valence-corrected chi connectivity index (χ4v) is 1.46. The molecule has 0 spiro atoms. The van der Waals surface area contributed by atoms with Crippen LogP contribution >= 0.6 is 11.6 Å². The van der Waals surface area contributed by atoms with Crippen molar-refractivity contribution in [2.45, 2.75) is 20.0 Å². The monoisotopic (exact) mass is 196 g/mol. The van der Waals surface area contributed by atoms with E-state index >= 15 is 0 Å². The lowest BCUT2D eigenvalue weighted by Gasteiger charge is -2.12. The molecule has 1 aromatic rings. The maximum atomic E-state index is 9.69. The Hall–Kier alpha value is -0.790. The van der Waals surface area contributed by atoms with Gasteiger partial charge < -0.3 is 5.11 Å². The second kappa shape index (κ2) is 3.95. The number of hydrogen-bond donors (Lipinski definition) is 1. The molecule has 0 aliphatic rings. The SMILES string of the molecule is C=C(C)C(O)c1ccc(C)cc1Cl. The van der Waals surface area contributed by atoms with Gasteiger partial charge in [-0.3, -0.25) is 0 Å². The lowest BCUT2D eigenvalue weighted by Crippen LogP contribution is -1.98. The van der Waals surface area contributed by atoms with Gasteiger partial charge in [0.05, 0.1) is 0 Å². The van der Waals surface area contributed by atoms with Gasteiger partial charge >= 0.3 is 0 Å². The van der Waals surface area contributed by atoms with Crippen LogP contribution in [0.5, 0.6) is 0 Å². The molecule has 0 radical (unpaired) electrons. The van der Waals surface area contributed by atoms with E-state index in [0.29, 0.717) is 10.6 Å². The molecule has 70 valence electrons. The van der Waals surface area contributed by atoms with Gasteiger partial charge in [0.2, 0.25) is 0 Å². The van der Waals surface area contributed by atoms with E-state index < -0.39 is 6.10 Å². The summed E-state index contributed by atoms with van der Waals surface area (Å²) in [6.07, 6.45) is -0.659. The summed E-state index contributed by atoms with van der Waals surface area (Å²) in [6, 6.07) is 5.59. The maximum absolute atomic E-state index is 9.69. The Morgan fingerprint density at radius 2 is 2.15 bits per heavy atom. The third-order valence-corrected chi connectivity index (χ3v) is 2.24. The summed E-state index contributed by atoms with van der Waals surface area (Å²) in [5.74, 6) is 0. The van der Waals surface area contributed by atoms with Crippen molar-refractivity contribution < 1.29 is 5.11 Å². The Kier molecular flexibility index (Phi) is 3.12.